The van der Waals surface area contributed by atoms with E-state index in [0.717, 1.165) is 6.92 Å². The van der Waals surface area contributed by atoms with E-state index in [0.29, 0.717) is 0 Å². The van der Waals surface area contributed by atoms with E-state index in [-0.39, 0.29) is 0 Å². The number of hydrogen-bond donors (Lipinski definition) is 0. The van der Waals surface area contributed by atoms with Gasteiger partial charge in [0.1, 0.15) is 0 Å². The van der Waals surface area contributed by atoms with Crippen molar-refractivity contribution >= 4 is 0 Å². The largest absolute Gasteiger partial charge is 0.341 e. The molecule has 1 saturated carbocycles. The van der Waals surface area contributed by atoms with Gasteiger partial charge in [0, 0.05) is 0 Å². The first kappa shape index (κ1) is 7.75. The first-order valence-electron chi connectivity index (χ1n) is 2.71. The zero-order valence-electron chi connectivity index (χ0n) is 5.04. The fourth-order valence-corrected chi connectivity index (χ4v) is 0.889. The summed E-state index contributed by atoms with van der Waals surface area (Å²) in [5.41, 5.74) is 0. The minimum Gasteiger partial charge on any atom is -0.240 e. The van der Waals surface area contributed by atoms with Gasteiger partial charge in [0.25, 0.3) is 0 Å². The Bertz CT molecular complexity index is 134. The summed E-state index contributed by atoms with van der Waals surface area (Å²) in [5.74, 6) is -10.5. The Morgan fingerprint density at radius 2 is 1.40 bits per heavy atom. The van der Waals surface area contributed by atoms with Crippen LogP contribution in [-0.4, -0.2) is 18.0 Å². The number of alkyl halides is 5. The SMILES string of the molecule is CC1C(F)C(F)(F)C1(F)F. The van der Waals surface area contributed by atoms with Crippen molar-refractivity contribution in [2.24, 2.45) is 5.92 Å². The van der Waals surface area contributed by atoms with Crippen molar-refractivity contribution in [1.82, 2.24) is 0 Å². The van der Waals surface area contributed by atoms with Crippen molar-refractivity contribution in [3.8, 4) is 0 Å². The summed E-state index contributed by atoms with van der Waals surface area (Å²) in [5, 5.41) is 0. The molecule has 0 nitrogen and oxygen atoms in total. The van der Waals surface area contributed by atoms with E-state index in [2.05, 4.69) is 0 Å². The van der Waals surface area contributed by atoms with Gasteiger partial charge in [-0.2, -0.15) is 17.6 Å². The van der Waals surface area contributed by atoms with Gasteiger partial charge in [0.05, 0.1) is 5.92 Å². The minimum atomic E-state index is -4.45. The molecular formula is C5H5F5. The molecule has 0 heterocycles. The van der Waals surface area contributed by atoms with Gasteiger partial charge in [-0.25, -0.2) is 4.39 Å². The monoisotopic (exact) mass is 160 g/mol. The molecule has 0 saturated heterocycles. The molecular weight excluding hydrogens is 155 g/mol. The van der Waals surface area contributed by atoms with Crippen LogP contribution in [0.1, 0.15) is 6.92 Å². The Morgan fingerprint density at radius 1 is 1.00 bits per heavy atom. The molecule has 1 rings (SSSR count). The van der Waals surface area contributed by atoms with Crippen molar-refractivity contribution in [2.45, 2.75) is 24.9 Å². The van der Waals surface area contributed by atoms with Crippen LogP contribution in [0.4, 0.5) is 22.0 Å². The van der Waals surface area contributed by atoms with Crippen LogP contribution >= 0.6 is 0 Å². The summed E-state index contributed by atoms with van der Waals surface area (Å²) in [6.07, 6.45) is -2.69. The van der Waals surface area contributed by atoms with Gasteiger partial charge < -0.3 is 0 Å². The standard InChI is InChI=1S/C5H5F5/c1-2-3(6)5(9,10)4(2,7)8/h2-3H,1H3. The molecule has 0 spiro atoms. The quantitative estimate of drug-likeness (QED) is 0.476. The normalized spacial score (nSPS) is 42.6. The highest BCUT2D eigenvalue weighted by Crippen LogP contribution is 2.56. The molecule has 0 radical (unpaired) electrons. The van der Waals surface area contributed by atoms with Crippen molar-refractivity contribution in [3.05, 3.63) is 0 Å². The fourth-order valence-electron chi connectivity index (χ4n) is 0.889. The lowest BCUT2D eigenvalue weighted by atomic mass is 9.76. The predicted octanol–water partition coefficient (Wildman–Crippen LogP) is 2.24. The molecule has 1 fully saturated rings. The Balaban J connectivity index is 2.82. The van der Waals surface area contributed by atoms with Crippen LogP contribution in [0, 0.1) is 5.92 Å². The highest BCUT2D eigenvalue weighted by atomic mass is 19.3. The van der Waals surface area contributed by atoms with Crippen LogP contribution in [-0.2, 0) is 0 Å². The summed E-state index contributed by atoms with van der Waals surface area (Å²) in [6.45, 7) is 0.766. The van der Waals surface area contributed by atoms with Gasteiger partial charge in [-0.05, 0) is 0 Å². The second-order valence-corrected chi connectivity index (χ2v) is 2.44. The Morgan fingerprint density at radius 3 is 1.50 bits per heavy atom. The molecule has 2 atom stereocenters. The molecule has 0 aliphatic heterocycles. The number of halogens is 5. The molecule has 0 aromatic carbocycles. The minimum absolute atomic E-state index is 0.766. The van der Waals surface area contributed by atoms with Crippen LogP contribution in [0.3, 0.4) is 0 Å². The average Bonchev–Trinajstić information content (AvgIpc) is 1.84. The second kappa shape index (κ2) is 1.62. The Kier molecular flexibility index (Phi) is 1.26. The lowest BCUT2D eigenvalue weighted by Crippen LogP contribution is -2.67. The van der Waals surface area contributed by atoms with Crippen molar-refractivity contribution in [2.75, 3.05) is 0 Å². The van der Waals surface area contributed by atoms with Crippen molar-refractivity contribution in [1.29, 1.82) is 0 Å². The molecule has 0 bridgehead atoms. The topological polar surface area (TPSA) is 0 Å². The third-order valence-corrected chi connectivity index (χ3v) is 1.80. The van der Waals surface area contributed by atoms with E-state index in [4.69, 9.17) is 0 Å². The molecule has 10 heavy (non-hydrogen) atoms. The number of rotatable bonds is 0. The van der Waals surface area contributed by atoms with Crippen molar-refractivity contribution in [3.63, 3.8) is 0 Å². The highest BCUT2D eigenvalue weighted by molar-refractivity contribution is 5.09. The highest BCUT2D eigenvalue weighted by Gasteiger charge is 2.77. The summed E-state index contributed by atoms with van der Waals surface area (Å²) in [7, 11) is 0. The molecule has 0 amide bonds. The second-order valence-electron chi connectivity index (χ2n) is 2.44. The van der Waals surface area contributed by atoms with Crippen LogP contribution in [0.2, 0.25) is 0 Å². The molecule has 1 aliphatic carbocycles. The van der Waals surface area contributed by atoms with Gasteiger partial charge in [-0.1, -0.05) is 6.92 Å². The van der Waals surface area contributed by atoms with E-state index in [1.807, 2.05) is 0 Å². The maximum atomic E-state index is 12.0. The van der Waals surface area contributed by atoms with Gasteiger partial charge >= 0.3 is 11.8 Å². The van der Waals surface area contributed by atoms with Gasteiger partial charge in [0.2, 0.25) is 0 Å². The number of hydrogen-bond acceptors (Lipinski definition) is 0. The summed E-state index contributed by atoms with van der Waals surface area (Å²) in [6, 6.07) is 0. The van der Waals surface area contributed by atoms with Crippen LogP contribution in [0.25, 0.3) is 0 Å². The molecule has 0 aromatic heterocycles. The maximum Gasteiger partial charge on any atom is 0.341 e. The Hall–Kier alpha value is -0.350. The van der Waals surface area contributed by atoms with Crippen LogP contribution in [0.5, 0.6) is 0 Å². The predicted molar refractivity (Wildman–Crippen MR) is 24.0 cm³/mol. The van der Waals surface area contributed by atoms with Crippen molar-refractivity contribution < 1.29 is 22.0 Å². The first-order chi connectivity index (χ1) is 4.32. The summed E-state index contributed by atoms with van der Waals surface area (Å²) >= 11 is 0. The molecule has 2 unspecified atom stereocenters. The molecule has 0 aromatic rings. The molecule has 60 valence electrons. The van der Waals surface area contributed by atoms with Gasteiger partial charge in [0.15, 0.2) is 6.17 Å². The van der Waals surface area contributed by atoms with E-state index in [1.165, 1.54) is 0 Å². The zero-order chi connectivity index (χ0) is 8.15. The summed E-state index contributed by atoms with van der Waals surface area (Å²) in [4.78, 5) is 0. The van der Waals surface area contributed by atoms with Crippen LogP contribution in [0.15, 0.2) is 0 Å². The molecule has 0 N–H and O–H groups in total. The summed E-state index contributed by atoms with van der Waals surface area (Å²) < 4.78 is 59.6. The first-order valence-corrected chi connectivity index (χ1v) is 2.71. The lowest BCUT2D eigenvalue weighted by molar-refractivity contribution is -0.348. The van der Waals surface area contributed by atoms with E-state index in [1.54, 1.807) is 0 Å². The lowest BCUT2D eigenvalue weighted by Gasteiger charge is -2.44. The van der Waals surface area contributed by atoms with Gasteiger partial charge in [-0.3, -0.25) is 0 Å². The van der Waals surface area contributed by atoms with E-state index < -0.39 is 23.9 Å². The molecule has 5 heteroatoms. The average molecular weight is 160 g/mol. The fraction of sp³-hybridized carbons (Fsp3) is 1.00. The van der Waals surface area contributed by atoms with Crippen LogP contribution < -0.4 is 0 Å². The third-order valence-electron chi connectivity index (χ3n) is 1.80. The maximum absolute atomic E-state index is 12.0. The molecule has 1 aliphatic rings. The zero-order valence-corrected chi connectivity index (χ0v) is 5.04. The van der Waals surface area contributed by atoms with E-state index in [9.17, 15) is 22.0 Å². The smallest absolute Gasteiger partial charge is 0.240 e. The van der Waals surface area contributed by atoms with E-state index >= 15 is 0 Å². The van der Waals surface area contributed by atoms with Gasteiger partial charge in [-0.15, -0.1) is 0 Å². The Labute approximate surface area is 54.0 Å². The third kappa shape index (κ3) is 0.557.